The van der Waals surface area contributed by atoms with E-state index in [0.717, 1.165) is 18.2 Å². The first kappa shape index (κ1) is 24.9. The molecule has 14 heteroatoms. The average Bonchev–Trinajstić information content (AvgIpc) is 2.82. The summed E-state index contributed by atoms with van der Waals surface area (Å²) >= 11 is 0. The van der Waals surface area contributed by atoms with Gasteiger partial charge in [-0.3, -0.25) is 29.5 Å². The molecule has 12 nitrogen and oxygen atoms in total. The lowest BCUT2D eigenvalue weighted by Gasteiger charge is -2.08. The first-order valence-corrected chi connectivity index (χ1v) is 12.8. The molecule has 0 saturated heterocycles. The van der Waals surface area contributed by atoms with Crippen LogP contribution in [0.15, 0.2) is 102 Å². The Balaban J connectivity index is 1.70. The van der Waals surface area contributed by atoms with Gasteiger partial charge in [0, 0.05) is 10.8 Å². The van der Waals surface area contributed by atoms with Crippen LogP contribution in [0.1, 0.15) is 0 Å². The van der Waals surface area contributed by atoms with Crippen molar-refractivity contribution in [1.82, 2.24) is 0 Å². The van der Waals surface area contributed by atoms with Crippen molar-refractivity contribution in [3.63, 3.8) is 0 Å². The topological polar surface area (TPSA) is 192 Å². The molecule has 0 bridgehead atoms. The Labute approximate surface area is 203 Å². The molecule has 0 heterocycles. The Bertz CT molecular complexity index is 1930. The van der Waals surface area contributed by atoms with Crippen LogP contribution >= 0.6 is 0 Å². The third-order valence-corrected chi connectivity index (χ3v) is 6.76. The summed E-state index contributed by atoms with van der Waals surface area (Å²) in [6.45, 7) is 0. The molecular weight excluding hydrogens is 512 g/mol. The summed E-state index contributed by atoms with van der Waals surface area (Å²) in [5.74, 6) is 0. The van der Waals surface area contributed by atoms with Crippen LogP contribution in [-0.2, 0) is 20.2 Å². The van der Waals surface area contributed by atoms with E-state index in [1.54, 1.807) is 18.2 Å². The van der Waals surface area contributed by atoms with Gasteiger partial charge < -0.3 is 0 Å². The van der Waals surface area contributed by atoms with Gasteiger partial charge in [-0.05, 0) is 48.5 Å². The zero-order valence-corrected chi connectivity index (χ0v) is 19.6. The van der Waals surface area contributed by atoms with E-state index in [2.05, 4.69) is 21.1 Å². The van der Waals surface area contributed by atoms with E-state index in [-0.39, 0.29) is 26.2 Å². The quantitative estimate of drug-likeness (QED) is 0.205. The molecule has 0 aromatic heterocycles. The highest BCUT2D eigenvalue weighted by atomic mass is 32.2. The molecule has 184 valence electrons. The van der Waals surface area contributed by atoms with Crippen LogP contribution in [0, 0.1) is 0 Å². The van der Waals surface area contributed by atoms with Crippen molar-refractivity contribution in [2.24, 2.45) is 10.2 Å². The van der Waals surface area contributed by atoms with Crippen LogP contribution in [-0.4, -0.2) is 25.9 Å². The minimum absolute atomic E-state index is 0.167. The number of anilines is 2. The van der Waals surface area contributed by atoms with Crippen molar-refractivity contribution < 1.29 is 25.9 Å². The Hall–Kier alpha value is -4.24. The van der Waals surface area contributed by atoms with Crippen LogP contribution in [0.3, 0.4) is 0 Å². The van der Waals surface area contributed by atoms with Gasteiger partial charge in [0.05, 0.1) is 16.3 Å². The maximum absolute atomic E-state index is 12.8. The molecule has 0 unspecified atom stereocenters. The van der Waals surface area contributed by atoms with Gasteiger partial charge in [-0.2, -0.15) is 27.0 Å². The second-order valence-corrected chi connectivity index (χ2v) is 10.2. The number of nitrogens with one attached hydrogen (secondary N) is 2. The average molecular weight is 529 g/mol. The predicted octanol–water partition coefficient (Wildman–Crippen LogP) is 0.785. The van der Waals surface area contributed by atoms with Gasteiger partial charge in [0.1, 0.15) is 10.3 Å². The zero-order valence-electron chi connectivity index (χ0n) is 18.0. The van der Waals surface area contributed by atoms with Gasteiger partial charge in [0.2, 0.25) is 10.9 Å². The largest absolute Gasteiger partial charge is 0.295 e. The van der Waals surface area contributed by atoms with Crippen molar-refractivity contribution >= 4 is 42.4 Å². The number of benzene rings is 4. The second-order valence-electron chi connectivity index (χ2n) is 7.34. The molecule has 0 spiro atoms. The lowest BCUT2D eigenvalue weighted by Crippen LogP contribution is -2.47. The molecule has 0 aliphatic heterocycles. The molecule has 36 heavy (non-hydrogen) atoms. The van der Waals surface area contributed by atoms with E-state index in [4.69, 9.17) is 4.55 Å². The summed E-state index contributed by atoms with van der Waals surface area (Å²) in [5, 5.41) is 7.81. The Morgan fingerprint density at radius 1 is 0.667 bits per heavy atom. The summed E-state index contributed by atoms with van der Waals surface area (Å²) in [5.41, 5.74) is 4.22. The number of rotatable bonds is 6. The maximum atomic E-state index is 12.8. The highest BCUT2D eigenvalue weighted by molar-refractivity contribution is 7.86. The Morgan fingerprint density at radius 2 is 1.33 bits per heavy atom. The molecule has 0 saturated carbocycles. The van der Waals surface area contributed by atoms with Gasteiger partial charge in [-0.15, -0.1) is 0 Å². The highest BCUT2D eigenvalue weighted by Gasteiger charge is 2.15. The number of nitrogens with zero attached hydrogens (tertiary/aromatic N) is 2. The maximum Gasteiger partial charge on any atom is 0.295 e. The Kier molecular flexibility index (Phi) is 6.51. The van der Waals surface area contributed by atoms with Crippen molar-refractivity contribution in [1.29, 1.82) is 0 Å². The van der Waals surface area contributed by atoms with Gasteiger partial charge in [0.15, 0.2) is 5.36 Å². The number of fused-ring (bicyclic) bond motifs is 1. The fourth-order valence-corrected chi connectivity index (χ4v) is 4.45. The summed E-state index contributed by atoms with van der Waals surface area (Å²) < 4.78 is 64.1. The molecule has 0 aliphatic rings. The monoisotopic (exact) mass is 528 g/mol. The normalized spacial score (nSPS) is 13.2. The lowest BCUT2D eigenvalue weighted by atomic mass is 10.1. The van der Waals surface area contributed by atoms with Crippen molar-refractivity contribution in [3.05, 3.63) is 104 Å². The van der Waals surface area contributed by atoms with E-state index in [9.17, 15) is 31.0 Å². The molecule has 0 radical (unpaired) electrons. The van der Waals surface area contributed by atoms with E-state index < -0.39 is 36.5 Å². The minimum atomic E-state index is -4.47. The fourth-order valence-electron chi connectivity index (χ4n) is 3.27. The summed E-state index contributed by atoms with van der Waals surface area (Å²) in [7, 11) is -8.85. The van der Waals surface area contributed by atoms with Crippen LogP contribution in [0.4, 0.5) is 11.4 Å². The van der Waals surface area contributed by atoms with Crippen molar-refractivity contribution in [2.45, 2.75) is 9.79 Å². The zero-order chi connectivity index (χ0) is 26.1. The molecule has 4 aromatic rings. The summed E-state index contributed by atoms with van der Waals surface area (Å²) in [6.07, 6.45) is 0. The molecule has 4 rings (SSSR count). The lowest BCUT2D eigenvalue weighted by molar-refractivity contribution is 0.481. The van der Waals surface area contributed by atoms with Gasteiger partial charge >= 0.3 is 0 Å². The smallest absolute Gasteiger partial charge is 0.287 e. The van der Waals surface area contributed by atoms with Gasteiger partial charge in [0.25, 0.3) is 20.2 Å². The standard InChI is InChI=1S/C22H16N4O8S2/c27-19-11-9-18(22(28)21(19)26-23-13-5-7-14(8-6-13)35(29,30)31)25-24-17-10-12-20(36(32,33)34)16-4-2-1-3-15(16)17/h1-12,23-24H,(H,29,30,31)(H,32,33,34)/b25-18-,26-21-. The van der Waals surface area contributed by atoms with Crippen LogP contribution in [0.25, 0.3) is 10.8 Å². The molecule has 0 amide bonds. The van der Waals surface area contributed by atoms with E-state index in [0.29, 0.717) is 11.1 Å². The van der Waals surface area contributed by atoms with Gasteiger partial charge in [-0.25, -0.2) is 0 Å². The van der Waals surface area contributed by atoms with E-state index in [1.165, 1.54) is 36.4 Å². The van der Waals surface area contributed by atoms with Crippen LogP contribution in [0.2, 0.25) is 0 Å². The minimum Gasteiger partial charge on any atom is -0.287 e. The van der Waals surface area contributed by atoms with E-state index in [1.807, 2.05) is 0 Å². The third kappa shape index (κ3) is 5.21. The van der Waals surface area contributed by atoms with Crippen molar-refractivity contribution in [2.75, 3.05) is 10.9 Å². The summed E-state index contributed by atoms with van der Waals surface area (Å²) in [6, 6.07) is 15.9. The predicted molar refractivity (Wildman–Crippen MR) is 130 cm³/mol. The van der Waals surface area contributed by atoms with Crippen LogP contribution in [0.5, 0.6) is 0 Å². The molecule has 0 atom stereocenters. The van der Waals surface area contributed by atoms with Crippen LogP contribution < -0.4 is 32.4 Å². The number of hydrogen-bond donors (Lipinski definition) is 4. The SMILES string of the molecule is O=c1cc/c(=N/Nc2ccc(S(=O)(=O)O)c3ccccc23)c(=O)/c1=N\Nc1ccc(S(=O)(=O)O)cc1. The second kappa shape index (κ2) is 9.43. The number of hydrogen-bond acceptors (Lipinski definition) is 10. The molecule has 0 aliphatic carbocycles. The van der Waals surface area contributed by atoms with Gasteiger partial charge in [-0.1, -0.05) is 24.3 Å². The van der Waals surface area contributed by atoms with E-state index >= 15 is 0 Å². The molecule has 0 fully saturated rings. The molecule has 4 aromatic carbocycles. The summed E-state index contributed by atoms with van der Waals surface area (Å²) in [4.78, 5) is 24.3. The van der Waals surface area contributed by atoms with Crippen molar-refractivity contribution in [3.8, 4) is 0 Å². The highest BCUT2D eigenvalue weighted by Crippen LogP contribution is 2.29. The first-order valence-electron chi connectivity index (χ1n) is 9.96. The first-order chi connectivity index (χ1) is 16.9. The third-order valence-electron chi connectivity index (χ3n) is 4.98. The molecule has 4 N–H and O–H groups in total. The fraction of sp³-hybridized carbons (Fsp3) is 0. The Morgan fingerprint density at radius 3 is 1.97 bits per heavy atom. The molecular formula is C22H16N4O8S2.